The van der Waals surface area contributed by atoms with Crippen molar-refractivity contribution in [3.63, 3.8) is 0 Å². The number of hydrogen-bond donors (Lipinski definition) is 1. The summed E-state index contributed by atoms with van der Waals surface area (Å²) in [6.07, 6.45) is 0.918. The highest BCUT2D eigenvalue weighted by Gasteiger charge is 2.31. The molecule has 1 fully saturated rings. The molecule has 150 valence electrons. The van der Waals surface area contributed by atoms with E-state index in [0.717, 1.165) is 10.0 Å². The molecule has 5 nitrogen and oxygen atoms in total. The molecule has 1 saturated heterocycles. The summed E-state index contributed by atoms with van der Waals surface area (Å²) in [6, 6.07) is 13.6. The Hall–Kier alpha value is -1.77. The molecule has 8 heteroatoms. The van der Waals surface area contributed by atoms with E-state index in [-0.39, 0.29) is 29.9 Å². The molecule has 0 bridgehead atoms. The second kappa shape index (κ2) is 9.15. The van der Waals surface area contributed by atoms with Gasteiger partial charge in [0.25, 0.3) is 0 Å². The largest absolute Gasteiger partial charge is 0.352 e. The molecule has 0 aliphatic carbocycles. The van der Waals surface area contributed by atoms with Gasteiger partial charge < -0.3 is 5.32 Å². The summed E-state index contributed by atoms with van der Waals surface area (Å²) in [5, 5.41) is 2.76. The average molecular weight is 469 g/mol. The van der Waals surface area contributed by atoms with Gasteiger partial charge in [0.05, 0.1) is 5.75 Å². The number of benzene rings is 2. The number of carbonyl (C=O) groups excluding carboxylic acids is 1. The Bertz CT molecular complexity index is 930. The van der Waals surface area contributed by atoms with Crippen LogP contribution in [0.25, 0.3) is 0 Å². The van der Waals surface area contributed by atoms with E-state index in [9.17, 15) is 17.6 Å². The molecule has 3 rings (SSSR count). The standard InChI is InChI=1S/C20H22BrFN2O3S/c21-18-6-7-19(22)17(12-18)13-23-20(25)16-8-10-24(11-9-16)28(26,27)14-15-4-2-1-3-5-15/h1-7,12,16H,8-11,13-14H2,(H,23,25). The molecular weight excluding hydrogens is 447 g/mol. The molecule has 1 amide bonds. The monoisotopic (exact) mass is 468 g/mol. The zero-order chi connectivity index (χ0) is 20.1. The van der Waals surface area contributed by atoms with Crippen LogP contribution < -0.4 is 5.32 Å². The Balaban J connectivity index is 1.51. The van der Waals surface area contributed by atoms with E-state index < -0.39 is 10.0 Å². The number of nitrogens with zero attached hydrogens (tertiary/aromatic N) is 1. The highest BCUT2D eigenvalue weighted by molar-refractivity contribution is 9.10. The van der Waals surface area contributed by atoms with E-state index in [1.54, 1.807) is 24.3 Å². The van der Waals surface area contributed by atoms with Gasteiger partial charge in [0.15, 0.2) is 0 Å². The van der Waals surface area contributed by atoms with Crippen molar-refractivity contribution in [1.29, 1.82) is 0 Å². The third kappa shape index (κ3) is 5.40. The number of nitrogens with one attached hydrogen (secondary N) is 1. The third-order valence-corrected chi connectivity index (χ3v) is 7.21. The fourth-order valence-electron chi connectivity index (χ4n) is 3.28. The second-order valence-electron chi connectivity index (χ2n) is 6.87. The second-order valence-corrected chi connectivity index (χ2v) is 9.75. The Labute approximate surface area is 173 Å². The van der Waals surface area contributed by atoms with Crippen molar-refractivity contribution >= 4 is 31.9 Å². The van der Waals surface area contributed by atoms with Crippen LogP contribution in [0.1, 0.15) is 24.0 Å². The minimum Gasteiger partial charge on any atom is -0.352 e. The van der Waals surface area contributed by atoms with Crippen LogP contribution in [0.5, 0.6) is 0 Å². The Morgan fingerprint density at radius 3 is 2.50 bits per heavy atom. The molecule has 0 unspecified atom stereocenters. The smallest absolute Gasteiger partial charge is 0.223 e. The van der Waals surface area contributed by atoms with Crippen molar-refractivity contribution in [2.75, 3.05) is 13.1 Å². The maximum atomic E-state index is 13.8. The van der Waals surface area contributed by atoms with Crippen molar-refractivity contribution in [1.82, 2.24) is 9.62 Å². The van der Waals surface area contributed by atoms with Gasteiger partial charge in [-0.05, 0) is 36.6 Å². The van der Waals surface area contributed by atoms with Gasteiger partial charge in [-0.2, -0.15) is 0 Å². The molecule has 0 radical (unpaired) electrons. The maximum absolute atomic E-state index is 13.8. The molecule has 1 heterocycles. The lowest BCUT2D eigenvalue weighted by atomic mass is 9.97. The third-order valence-electron chi connectivity index (χ3n) is 4.87. The Kier molecular flexibility index (Phi) is 6.85. The van der Waals surface area contributed by atoms with Crippen molar-refractivity contribution in [3.05, 3.63) is 69.9 Å². The van der Waals surface area contributed by atoms with Gasteiger partial charge in [0, 0.05) is 35.6 Å². The van der Waals surface area contributed by atoms with Gasteiger partial charge in [-0.3, -0.25) is 4.79 Å². The minimum absolute atomic E-state index is 0.0349. The van der Waals surface area contributed by atoms with Crippen molar-refractivity contribution in [3.8, 4) is 0 Å². The van der Waals surface area contributed by atoms with E-state index in [1.165, 1.54) is 10.4 Å². The Morgan fingerprint density at radius 2 is 1.82 bits per heavy atom. The molecular formula is C20H22BrFN2O3S. The van der Waals surface area contributed by atoms with Gasteiger partial charge >= 0.3 is 0 Å². The lowest BCUT2D eigenvalue weighted by Crippen LogP contribution is -2.43. The van der Waals surface area contributed by atoms with E-state index in [4.69, 9.17) is 0 Å². The molecule has 0 aromatic heterocycles. The van der Waals surface area contributed by atoms with Crippen LogP contribution in [0.4, 0.5) is 4.39 Å². The summed E-state index contributed by atoms with van der Waals surface area (Å²) in [7, 11) is -3.40. The molecule has 2 aromatic carbocycles. The van der Waals surface area contributed by atoms with Crippen molar-refractivity contribution in [2.24, 2.45) is 5.92 Å². The van der Waals surface area contributed by atoms with Crippen LogP contribution in [0.15, 0.2) is 53.0 Å². The van der Waals surface area contributed by atoms with Crippen molar-refractivity contribution < 1.29 is 17.6 Å². The number of hydrogen-bond acceptors (Lipinski definition) is 3. The molecule has 2 aromatic rings. The molecule has 1 N–H and O–H groups in total. The first-order chi connectivity index (χ1) is 13.3. The van der Waals surface area contributed by atoms with Crippen LogP contribution >= 0.6 is 15.9 Å². The zero-order valence-electron chi connectivity index (χ0n) is 15.3. The Morgan fingerprint density at radius 1 is 1.14 bits per heavy atom. The van der Waals surface area contributed by atoms with Crippen LogP contribution in [0.3, 0.4) is 0 Å². The van der Waals surface area contributed by atoms with E-state index in [0.29, 0.717) is 31.5 Å². The number of carbonyl (C=O) groups is 1. The van der Waals surface area contributed by atoms with Crippen LogP contribution in [0, 0.1) is 11.7 Å². The highest BCUT2D eigenvalue weighted by atomic mass is 79.9. The van der Waals surface area contributed by atoms with Gasteiger partial charge in [-0.15, -0.1) is 0 Å². The number of rotatable bonds is 6. The fraction of sp³-hybridized carbons (Fsp3) is 0.350. The molecule has 28 heavy (non-hydrogen) atoms. The van der Waals surface area contributed by atoms with Crippen LogP contribution in [-0.4, -0.2) is 31.7 Å². The highest BCUT2D eigenvalue weighted by Crippen LogP contribution is 2.22. The zero-order valence-corrected chi connectivity index (χ0v) is 17.7. The van der Waals surface area contributed by atoms with E-state index in [2.05, 4.69) is 21.2 Å². The van der Waals surface area contributed by atoms with Gasteiger partial charge in [-0.1, -0.05) is 46.3 Å². The molecule has 0 spiro atoms. The normalized spacial score (nSPS) is 16.1. The SMILES string of the molecule is O=C(NCc1cc(Br)ccc1F)C1CCN(S(=O)(=O)Cc2ccccc2)CC1. The number of piperidine rings is 1. The van der Waals surface area contributed by atoms with Gasteiger partial charge in [0.1, 0.15) is 5.82 Å². The van der Waals surface area contributed by atoms with Gasteiger partial charge in [0.2, 0.25) is 15.9 Å². The lowest BCUT2D eigenvalue weighted by molar-refractivity contribution is -0.126. The van der Waals surface area contributed by atoms with E-state index in [1.807, 2.05) is 18.2 Å². The first-order valence-electron chi connectivity index (χ1n) is 9.08. The number of amides is 1. The number of halogens is 2. The molecule has 0 saturated carbocycles. The predicted octanol–water partition coefficient (Wildman–Crippen LogP) is 3.45. The summed E-state index contributed by atoms with van der Waals surface area (Å²) >= 11 is 3.29. The summed E-state index contributed by atoms with van der Waals surface area (Å²) < 4.78 is 41.2. The first-order valence-corrected chi connectivity index (χ1v) is 11.5. The summed E-state index contributed by atoms with van der Waals surface area (Å²) in [5.41, 5.74) is 1.16. The van der Waals surface area contributed by atoms with Gasteiger partial charge in [-0.25, -0.2) is 17.1 Å². The quantitative estimate of drug-likeness (QED) is 0.705. The molecule has 0 atom stereocenters. The number of sulfonamides is 1. The summed E-state index contributed by atoms with van der Waals surface area (Å²) in [6.45, 7) is 0.744. The predicted molar refractivity (Wildman–Crippen MR) is 109 cm³/mol. The summed E-state index contributed by atoms with van der Waals surface area (Å²) in [5.74, 6) is -0.837. The van der Waals surface area contributed by atoms with Crippen molar-refractivity contribution in [2.45, 2.75) is 25.1 Å². The maximum Gasteiger partial charge on any atom is 0.223 e. The fourth-order valence-corrected chi connectivity index (χ4v) is 5.25. The first kappa shape index (κ1) is 21.0. The average Bonchev–Trinajstić information content (AvgIpc) is 2.69. The van der Waals surface area contributed by atoms with Crippen LogP contribution in [-0.2, 0) is 27.1 Å². The van der Waals surface area contributed by atoms with Crippen LogP contribution in [0.2, 0.25) is 0 Å². The molecule has 1 aliphatic heterocycles. The minimum atomic E-state index is -3.40. The lowest BCUT2D eigenvalue weighted by Gasteiger charge is -2.30. The summed E-state index contributed by atoms with van der Waals surface area (Å²) in [4.78, 5) is 12.4. The molecule has 1 aliphatic rings. The van der Waals surface area contributed by atoms with E-state index >= 15 is 0 Å². The topological polar surface area (TPSA) is 66.5 Å².